The van der Waals surface area contributed by atoms with Gasteiger partial charge in [0, 0.05) is 30.5 Å². The van der Waals surface area contributed by atoms with Gasteiger partial charge in [0.15, 0.2) is 17.2 Å². The summed E-state index contributed by atoms with van der Waals surface area (Å²) in [5.41, 5.74) is 1.92. The Balaban J connectivity index is 1.14. The third-order valence-electron chi connectivity index (χ3n) is 5.94. The van der Waals surface area contributed by atoms with E-state index >= 15 is 0 Å². The van der Waals surface area contributed by atoms with Crippen molar-refractivity contribution in [3.8, 4) is 23.4 Å². The van der Waals surface area contributed by atoms with Crippen molar-refractivity contribution in [3.63, 3.8) is 0 Å². The Labute approximate surface area is 215 Å². The fourth-order valence-electron chi connectivity index (χ4n) is 4.01. The van der Waals surface area contributed by atoms with Crippen LogP contribution in [0.5, 0.6) is 0 Å². The van der Waals surface area contributed by atoms with Crippen LogP contribution in [0.2, 0.25) is 0 Å². The minimum atomic E-state index is -0.490. The van der Waals surface area contributed by atoms with E-state index in [0.717, 1.165) is 16.3 Å². The van der Waals surface area contributed by atoms with Crippen molar-refractivity contribution in [1.29, 1.82) is 10.5 Å². The molecule has 12 nitrogen and oxygen atoms in total. The molecule has 184 valence electrons. The predicted molar refractivity (Wildman–Crippen MR) is 135 cm³/mol. The van der Waals surface area contributed by atoms with Gasteiger partial charge in [-0.25, -0.2) is 14.8 Å². The highest BCUT2D eigenvalue weighted by Gasteiger charge is 2.27. The Morgan fingerprint density at radius 3 is 2.57 bits per heavy atom. The quantitative estimate of drug-likeness (QED) is 0.315. The summed E-state index contributed by atoms with van der Waals surface area (Å²) < 4.78 is 0. The number of carbonyl (C=O) groups is 2. The number of nitrogens with zero attached hydrogens (tertiary/aromatic N) is 6. The van der Waals surface area contributed by atoms with Gasteiger partial charge in [0.05, 0.1) is 10.7 Å². The molecule has 0 saturated carbocycles. The van der Waals surface area contributed by atoms with Gasteiger partial charge in [-0.15, -0.1) is 11.3 Å². The standard InChI is InChI=1S/C24H20N10O2S/c25-11-17-18(12-26)29-23(28-17)31-21(35)19-13-37-22(27-19)15-6-8-34(9-7-15)24(36)30-20-10-16(32-33-20)14-4-2-1-3-5-14/h1-5,10,13,15H,6-9H2,(H2,28,29,31,35)(H2,30,32,33,36). The lowest BCUT2D eigenvalue weighted by Crippen LogP contribution is -2.40. The van der Waals surface area contributed by atoms with Gasteiger partial charge >= 0.3 is 6.03 Å². The first-order valence-corrected chi connectivity index (χ1v) is 12.3. The fraction of sp³-hybridized carbons (Fsp3) is 0.208. The molecule has 5 rings (SSSR count). The number of aromatic amines is 2. The topological polar surface area (TPSA) is 179 Å². The lowest BCUT2D eigenvalue weighted by Gasteiger charge is -2.30. The molecule has 0 bridgehead atoms. The molecule has 0 unspecified atom stereocenters. The van der Waals surface area contributed by atoms with Crippen molar-refractivity contribution < 1.29 is 9.59 Å². The Morgan fingerprint density at radius 1 is 1.08 bits per heavy atom. The summed E-state index contributed by atoms with van der Waals surface area (Å²) in [6.45, 7) is 1.10. The Morgan fingerprint density at radius 2 is 1.86 bits per heavy atom. The largest absolute Gasteiger partial charge is 0.324 e. The molecule has 3 aromatic heterocycles. The first kappa shape index (κ1) is 23.7. The number of urea groups is 1. The number of nitrogens with one attached hydrogen (secondary N) is 4. The summed E-state index contributed by atoms with van der Waals surface area (Å²) in [5, 5.41) is 33.0. The summed E-state index contributed by atoms with van der Waals surface area (Å²) in [4.78, 5) is 38.0. The maximum atomic E-state index is 12.7. The average molecular weight is 513 g/mol. The summed E-state index contributed by atoms with van der Waals surface area (Å²) >= 11 is 1.38. The van der Waals surface area contributed by atoms with Crippen LogP contribution in [0, 0.1) is 22.7 Å². The van der Waals surface area contributed by atoms with Gasteiger partial charge in [-0.3, -0.25) is 20.5 Å². The van der Waals surface area contributed by atoms with Crippen molar-refractivity contribution in [3.05, 3.63) is 63.9 Å². The highest BCUT2D eigenvalue weighted by Crippen LogP contribution is 2.31. The first-order valence-electron chi connectivity index (χ1n) is 11.4. The van der Waals surface area contributed by atoms with E-state index in [1.165, 1.54) is 11.3 Å². The molecule has 13 heteroatoms. The van der Waals surface area contributed by atoms with E-state index in [1.54, 1.807) is 22.4 Å². The number of anilines is 2. The van der Waals surface area contributed by atoms with E-state index in [0.29, 0.717) is 31.7 Å². The monoisotopic (exact) mass is 512 g/mol. The number of aromatic nitrogens is 5. The molecule has 0 spiro atoms. The molecule has 37 heavy (non-hydrogen) atoms. The molecular weight excluding hydrogens is 492 g/mol. The van der Waals surface area contributed by atoms with Crippen LogP contribution >= 0.6 is 11.3 Å². The van der Waals surface area contributed by atoms with Gasteiger partial charge in [-0.2, -0.15) is 15.6 Å². The number of carbonyl (C=O) groups excluding carboxylic acids is 2. The van der Waals surface area contributed by atoms with Crippen LogP contribution in [0.25, 0.3) is 11.3 Å². The molecule has 4 heterocycles. The van der Waals surface area contributed by atoms with Gasteiger partial charge in [0.2, 0.25) is 5.95 Å². The Hall–Kier alpha value is -5.01. The Kier molecular flexibility index (Phi) is 6.61. The second-order valence-electron chi connectivity index (χ2n) is 8.28. The molecule has 4 aromatic rings. The predicted octanol–water partition coefficient (Wildman–Crippen LogP) is 3.66. The number of thiazole rings is 1. The van der Waals surface area contributed by atoms with Crippen molar-refractivity contribution in [2.24, 2.45) is 0 Å². The lowest BCUT2D eigenvalue weighted by molar-refractivity contribution is 0.102. The summed E-state index contributed by atoms with van der Waals surface area (Å²) in [6.07, 6.45) is 1.43. The first-order chi connectivity index (χ1) is 18.0. The van der Waals surface area contributed by atoms with Crippen LogP contribution in [0.4, 0.5) is 16.6 Å². The average Bonchev–Trinajstić information content (AvgIpc) is 3.69. The summed E-state index contributed by atoms with van der Waals surface area (Å²) in [6, 6.07) is 14.9. The zero-order valence-corrected chi connectivity index (χ0v) is 20.2. The molecule has 0 atom stereocenters. The molecule has 1 saturated heterocycles. The second kappa shape index (κ2) is 10.3. The number of likely N-dealkylation sites (tertiary alicyclic amines) is 1. The maximum Gasteiger partial charge on any atom is 0.323 e. The molecule has 1 aromatic carbocycles. The van der Waals surface area contributed by atoms with E-state index in [-0.39, 0.29) is 35.0 Å². The molecule has 4 N–H and O–H groups in total. The zero-order valence-electron chi connectivity index (χ0n) is 19.4. The number of H-pyrrole nitrogens is 2. The van der Waals surface area contributed by atoms with Crippen LogP contribution < -0.4 is 10.6 Å². The molecule has 0 radical (unpaired) electrons. The van der Waals surface area contributed by atoms with Gasteiger partial charge in [-0.1, -0.05) is 30.3 Å². The normalized spacial score (nSPS) is 13.5. The SMILES string of the molecule is N#Cc1nc(NC(=O)c2csc(C3CCN(C(=O)Nc4cc(-c5ccccc5)[nH]n4)CC3)n2)[nH]c1C#N. The third kappa shape index (κ3) is 5.17. The van der Waals surface area contributed by atoms with Gasteiger partial charge in [0.25, 0.3) is 5.91 Å². The number of piperidine rings is 1. The van der Waals surface area contributed by atoms with Crippen LogP contribution in [0.1, 0.15) is 45.6 Å². The van der Waals surface area contributed by atoms with Crippen molar-refractivity contribution in [1.82, 2.24) is 30.0 Å². The van der Waals surface area contributed by atoms with Crippen LogP contribution in [0.3, 0.4) is 0 Å². The van der Waals surface area contributed by atoms with Gasteiger partial charge < -0.3 is 9.88 Å². The fourth-order valence-corrected chi connectivity index (χ4v) is 4.99. The zero-order chi connectivity index (χ0) is 25.8. The molecule has 1 fully saturated rings. The van der Waals surface area contributed by atoms with Crippen LogP contribution in [0.15, 0.2) is 41.8 Å². The van der Waals surface area contributed by atoms with E-state index in [9.17, 15) is 9.59 Å². The van der Waals surface area contributed by atoms with Gasteiger partial charge in [0.1, 0.15) is 17.8 Å². The van der Waals surface area contributed by atoms with E-state index < -0.39 is 5.91 Å². The molecule has 3 amide bonds. The highest BCUT2D eigenvalue weighted by molar-refractivity contribution is 7.10. The number of rotatable bonds is 5. The lowest BCUT2D eigenvalue weighted by atomic mass is 9.98. The third-order valence-corrected chi connectivity index (χ3v) is 6.94. The number of amides is 3. The number of benzene rings is 1. The number of nitriles is 2. The van der Waals surface area contributed by atoms with Crippen molar-refractivity contribution in [2.75, 3.05) is 23.7 Å². The maximum absolute atomic E-state index is 12.7. The highest BCUT2D eigenvalue weighted by atomic mass is 32.1. The van der Waals surface area contributed by atoms with Crippen molar-refractivity contribution >= 4 is 35.0 Å². The molecule has 0 aliphatic carbocycles. The van der Waals surface area contributed by atoms with Crippen molar-refractivity contribution in [2.45, 2.75) is 18.8 Å². The molecular formula is C24H20N10O2S. The van der Waals surface area contributed by atoms with Crippen LogP contribution in [-0.2, 0) is 0 Å². The van der Waals surface area contributed by atoms with E-state index in [1.807, 2.05) is 36.4 Å². The van der Waals surface area contributed by atoms with E-state index in [4.69, 9.17) is 10.5 Å². The van der Waals surface area contributed by atoms with Crippen LogP contribution in [-0.4, -0.2) is 55.1 Å². The minimum Gasteiger partial charge on any atom is -0.324 e. The molecule has 1 aliphatic rings. The number of hydrogen-bond acceptors (Lipinski definition) is 8. The van der Waals surface area contributed by atoms with Gasteiger partial charge in [-0.05, 0) is 18.4 Å². The second-order valence-corrected chi connectivity index (χ2v) is 9.17. The Bertz CT molecular complexity index is 1490. The smallest absolute Gasteiger partial charge is 0.323 e. The number of hydrogen-bond donors (Lipinski definition) is 4. The summed E-state index contributed by atoms with van der Waals surface area (Å²) in [7, 11) is 0. The molecule has 1 aliphatic heterocycles. The minimum absolute atomic E-state index is 0.0137. The number of imidazole rings is 1. The van der Waals surface area contributed by atoms with E-state index in [2.05, 4.69) is 35.8 Å². The summed E-state index contributed by atoms with van der Waals surface area (Å²) in [5.74, 6) is 0.113.